The summed E-state index contributed by atoms with van der Waals surface area (Å²) in [6.45, 7) is 3.29. The van der Waals surface area contributed by atoms with E-state index in [1.807, 2.05) is 30.3 Å². The molecule has 0 spiro atoms. The van der Waals surface area contributed by atoms with Gasteiger partial charge in [-0.1, -0.05) is 36.4 Å². The van der Waals surface area contributed by atoms with Crippen LogP contribution in [-0.4, -0.2) is 117 Å². The molecule has 2 unspecified atom stereocenters. The fourth-order valence-corrected chi connectivity index (χ4v) is 5.53. The van der Waals surface area contributed by atoms with Crippen molar-refractivity contribution in [2.45, 2.75) is 87.7 Å². The zero-order valence-electron chi connectivity index (χ0n) is 24.7. The highest BCUT2D eigenvalue weighted by molar-refractivity contribution is 5.97. The second kappa shape index (κ2) is 14.5. The van der Waals surface area contributed by atoms with Crippen LogP contribution in [0.3, 0.4) is 0 Å². The number of phenolic OH excluding ortho intramolecular Hbond substituents is 1. The number of amides is 1. The Morgan fingerprint density at radius 1 is 0.978 bits per heavy atom. The number of aromatic hydroxyl groups is 1. The zero-order chi connectivity index (χ0) is 32.2. The highest BCUT2D eigenvalue weighted by Crippen LogP contribution is 2.34. The molecule has 2 aliphatic heterocycles. The Morgan fingerprint density at radius 2 is 1.69 bits per heavy atom. The number of carbonyl (C=O) groups is 1. The van der Waals surface area contributed by atoms with Gasteiger partial charge in [-0.15, -0.1) is 0 Å². The summed E-state index contributed by atoms with van der Waals surface area (Å²) in [4.78, 5) is 12.9. The van der Waals surface area contributed by atoms with Gasteiger partial charge in [0, 0.05) is 5.57 Å². The van der Waals surface area contributed by atoms with Crippen molar-refractivity contribution >= 4 is 12.0 Å². The number of aliphatic hydroxyl groups excluding tert-OH is 5. The molecule has 246 valence electrons. The first-order valence-corrected chi connectivity index (χ1v) is 14.6. The van der Waals surface area contributed by atoms with E-state index < -0.39 is 73.2 Å². The molecule has 0 bridgehead atoms. The van der Waals surface area contributed by atoms with Crippen LogP contribution < -0.4 is 10.1 Å². The lowest BCUT2D eigenvalue weighted by Gasteiger charge is -2.41. The molecule has 0 radical (unpaired) electrons. The number of nitrogens with one attached hydrogen (secondary N) is 1. The quantitative estimate of drug-likeness (QED) is 0.0950. The monoisotopic (exact) mass is 633 g/mol. The zero-order valence-corrected chi connectivity index (χ0v) is 24.7. The number of aliphatic hydroxyl groups is 5. The van der Waals surface area contributed by atoms with Crippen molar-refractivity contribution in [3.63, 3.8) is 0 Å². The van der Waals surface area contributed by atoms with E-state index in [9.17, 15) is 35.4 Å². The maximum absolute atomic E-state index is 12.9. The molecule has 1 aliphatic carbocycles. The third kappa shape index (κ3) is 7.47. The fourth-order valence-electron chi connectivity index (χ4n) is 5.53. The van der Waals surface area contributed by atoms with Gasteiger partial charge in [0.1, 0.15) is 62.4 Å². The molecule has 2 aromatic carbocycles. The van der Waals surface area contributed by atoms with Crippen LogP contribution in [0.5, 0.6) is 11.5 Å². The molecule has 11 atom stereocenters. The number of carbonyl (C=O) groups excluding carboxylic acids is 1. The molecule has 14 heteroatoms. The predicted molar refractivity (Wildman–Crippen MR) is 154 cm³/mol. The fraction of sp³-hybridized carbons (Fsp3) is 0.516. The lowest BCUT2D eigenvalue weighted by atomic mass is 9.83. The number of hydrogen-bond donors (Lipinski definition) is 7. The van der Waals surface area contributed by atoms with Crippen LogP contribution in [0, 0.1) is 0 Å². The Hall–Kier alpha value is -3.15. The molecule has 7 N–H and O–H groups in total. The van der Waals surface area contributed by atoms with Crippen LogP contribution in [0.1, 0.15) is 25.0 Å². The van der Waals surface area contributed by atoms with E-state index in [1.165, 1.54) is 25.1 Å². The van der Waals surface area contributed by atoms with Gasteiger partial charge in [-0.25, -0.2) is 0 Å². The van der Waals surface area contributed by atoms with E-state index in [0.29, 0.717) is 12.2 Å². The molecule has 5 rings (SSSR count). The molecule has 45 heavy (non-hydrogen) atoms. The topological polar surface area (TPSA) is 206 Å². The van der Waals surface area contributed by atoms with E-state index in [0.717, 1.165) is 5.56 Å². The van der Waals surface area contributed by atoms with Crippen molar-refractivity contribution in [1.82, 2.24) is 5.32 Å². The van der Waals surface area contributed by atoms with Crippen LogP contribution in [0.25, 0.3) is 6.08 Å². The first kappa shape index (κ1) is 33.2. The van der Waals surface area contributed by atoms with Crippen LogP contribution in [-0.2, 0) is 35.1 Å². The number of benzene rings is 2. The minimum atomic E-state index is -1.49. The van der Waals surface area contributed by atoms with E-state index in [4.69, 9.17) is 28.4 Å². The van der Waals surface area contributed by atoms with Gasteiger partial charge < -0.3 is 64.4 Å². The van der Waals surface area contributed by atoms with Gasteiger partial charge in [0.25, 0.3) is 0 Å². The van der Waals surface area contributed by atoms with Crippen molar-refractivity contribution < 1.29 is 63.9 Å². The first-order valence-electron chi connectivity index (χ1n) is 14.6. The standard InChI is InChI=1S/C31H39NO13/c1-15(30(39)32-21-22(34)24(36)29-28(23(21)35)42-14-43-29)10-18-8-9-20(19(33)11-18)44-31-26(38)25(37)27(45-31)16(2)41-13-40-12-17-6-4-3-5-7-17/h3-11,16,21-29,31,33-38H,12-14H2,1-2H3,(H,32,39)/b15-10-/t16?,21-,22+,23-,24-,25+,26+,27?,28+,29-,31-/m1/s1. The molecule has 3 fully saturated rings. The first-order chi connectivity index (χ1) is 21.5. The summed E-state index contributed by atoms with van der Waals surface area (Å²) in [7, 11) is 0. The third-order valence-corrected chi connectivity index (χ3v) is 8.11. The average Bonchev–Trinajstić information content (AvgIpc) is 3.63. The second-order valence-corrected chi connectivity index (χ2v) is 11.3. The largest absolute Gasteiger partial charge is 0.504 e. The summed E-state index contributed by atoms with van der Waals surface area (Å²) in [6.07, 6.45) is -10.2. The summed E-state index contributed by atoms with van der Waals surface area (Å²) in [6, 6.07) is 12.6. The highest BCUT2D eigenvalue weighted by atomic mass is 16.7. The molecular weight excluding hydrogens is 594 g/mol. The molecule has 1 saturated carbocycles. The van der Waals surface area contributed by atoms with Crippen LogP contribution >= 0.6 is 0 Å². The molecule has 3 aliphatic rings. The number of phenols is 1. The summed E-state index contributed by atoms with van der Waals surface area (Å²) < 4.78 is 33.0. The number of rotatable bonds is 11. The molecule has 2 heterocycles. The predicted octanol–water partition coefficient (Wildman–Crippen LogP) is -0.477. The number of fused-ring (bicyclic) bond motifs is 1. The van der Waals surface area contributed by atoms with Crippen molar-refractivity contribution in [2.24, 2.45) is 0 Å². The lowest BCUT2D eigenvalue weighted by Crippen LogP contribution is -2.67. The van der Waals surface area contributed by atoms with Gasteiger partial charge in [0.05, 0.1) is 18.8 Å². The van der Waals surface area contributed by atoms with Gasteiger partial charge in [0.2, 0.25) is 12.2 Å². The SMILES string of the molecule is C/C(=C/c1ccc(O[C@@H]2OC(C(C)OCOCc3ccccc3)[C@@H](O)[C@@H]2O)c(O)c1)C(=O)N[C@@H]1[C@H](O)[C@@H](O)[C@H]2OCO[C@H]2[C@@H]1O. The lowest BCUT2D eigenvalue weighted by molar-refractivity contribution is -0.166. The van der Waals surface area contributed by atoms with Gasteiger partial charge in [-0.05, 0) is 43.2 Å². The summed E-state index contributed by atoms with van der Waals surface area (Å²) in [5.74, 6) is -0.997. The van der Waals surface area contributed by atoms with Crippen molar-refractivity contribution in [3.05, 3.63) is 65.2 Å². The Kier molecular flexibility index (Phi) is 10.7. The highest BCUT2D eigenvalue weighted by Gasteiger charge is 2.53. The van der Waals surface area contributed by atoms with Crippen molar-refractivity contribution in [2.75, 3.05) is 13.6 Å². The summed E-state index contributed by atoms with van der Waals surface area (Å²) in [5, 5.41) is 65.5. The smallest absolute Gasteiger partial charge is 0.247 e. The van der Waals surface area contributed by atoms with E-state index in [1.54, 1.807) is 13.0 Å². The second-order valence-electron chi connectivity index (χ2n) is 11.3. The van der Waals surface area contributed by atoms with Crippen LogP contribution in [0.4, 0.5) is 0 Å². The Bertz CT molecular complexity index is 1330. The van der Waals surface area contributed by atoms with Gasteiger partial charge in [-0.3, -0.25) is 4.79 Å². The molecule has 1 amide bonds. The van der Waals surface area contributed by atoms with Gasteiger partial charge in [-0.2, -0.15) is 0 Å². The number of hydrogen-bond acceptors (Lipinski definition) is 13. The Labute approximate surface area is 259 Å². The van der Waals surface area contributed by atoms with E-state index in [2.05, 4.69) is 5.32 Å². The molecular formula is C31H39NO13. The average molecular weight is 634 g/mol. The summed E-state index contributed by atoms with van der Waals surface area (Å²) in [5.41, 5.74) is 1.56. The third-order valence-electron chi connectivity index (χ3n) is 8.11. The van der Waals surface area contributed by atoms with Crippen LogP contribution in [0.2, 0.25) is 0 Å². The Morgan fingerprint density at radius 3 is 2.40 bits per heavy atom. The minimum absolute atomic E-state index is 0.0401. The van der Waals surface area contributed by atoms with Crippen LogP contribution in [0.15, 0.2) is 54.1 Å². The minimum Gasteiger partial charge on any atom is -0.504 e. The molecule has 14 nitrogen and oxygen atoms in total. The van der Waals surface area contributed by atoms with Crippen molar-refractivity contribution in [3.8, 4) is 11.5 Å². The number of ether oxygens (including phenoxy) is 6. The summed E-state index contributed by atoms with van der Waals surface area (Å²) >= 11 is 0. The van der Waals surface area contributed by atoms with Crippen molar-refractivity contribution in [1.29, 1.82) is 0 Å². The molecule has 2 aromatic rings. The normalized spacial score (nSPS) is 33.9. The van der Waals surface area contributed by atoms with E-state index >= 15 is 0 Å². The maximum atomic E-state index is 12.9. The van der Waals surface area contributed by atoms with E-state index in [-0.39, 0.29) is 30.7 Å². The van der Waals surface area contributed by atoms with Gasteiger partial charge >= 0.3 is 0 Å². The Balaban J connectivity index is 1.14. The maximum Gasteiger partial charge on any atom is 0.247 e. The molecule has 0 aromatic heterocycles. The molecule has 2 saturated heterocycles. The van der Waals surface area contributed by atoms with Gasteiger partial charge in [0.15, 0.2) is 11.5 Å².